The van der Waals surface area contributed by atoms with Gasteiger partial charge in [-0.15, -0.1) is 0 Å². The van der Waals surface area contributed by atoms with Gasteiger partial charge in [0.1, 0.15) is 5.69 Å². The summed E-state index contributed by atoms with van der Waals surface area (Å²) in [5.74, 6) is -0.121. The van der Waals surface area contributed by atoms with Crippen molar-refractivity contribution in [2.75, 3.05) is 43.9 Å². The van der Waals surface area contributed by atoms with Gasteiger partial charge in [0.25, 0.3) is 5.91 Å². The van der Waals surface area contributed by atoms with Crippen molar-refractivity contribution < 1.29 is 4.79 Å². The molecule has 0 saturated carbocycles. The molecule has 0 spiro atoms. The summed E-state index contributed by atoms with van der Waals surface area (Å²) in [4.78, 5) is 17.0. The molecule has 1 fully saturated rings. The Morgan fingerprint density at radius 1 is 1.25 bits per heavy atom. The van der Waals surface area contributed by atoms with Crippen molar-refractivity contribution in [2.24, 2.45) is 0 Å². The molecule has 24 heavy (non-hydrogen) atoms. The molecule has 1 aromatic carbocycles. The van der Waals surface area contributed by atoms with Crippen LogP contribution >= 0.6 is 0 Å². The van der Waals surface area contributed by atoms with E-state index in [4.69, 9.17) is 0 Å². The number of likely N-dealkylation sites (N-methyl/N-ethyl adjacent to an activating group) is 1. The molecule has 0 bridgehead atoms. The number of hydrogen-bond acceptors (Lipinski definition) is 4. The smallest absolute Gasteiger partial charge is 0.273 e. The van der Waals surface area contributed by atoms with Gasteiger partial charge in [-0.3, -0.25) is 9.48 Å². The van der Waals surface area contributed by atoms with Crippen LogP contribution < -0.4 is 10.2 Å². The summed E-state index contributed by atoms with van der Waals surface area (Å²) >= 11 is 0. The molecule has 2 heterocycles. The van der Waals surface area contributed by atoms with Crippen LogP contribution in [0.3, 0.4) is 0 Å². The summed E-state index contributed by atoms with van der Waals surface area (Å²) in [7, 11) is 4.01. The summed E-state index contributed by atoms with van der Waals surface area (Å²) in [5, 5.41) is 7.25. The largest absolute Gasteiger partial charge is 0.371 e. The third-order valence-electron chi connectivity index (χ3n) is 4.28. The summed E-state index contributed by atoms with van der Waals surface area (Å²) < 4.78 is 1.75. The van der Waals surface area contributed by atoms with Crippen molar-refractivity contribution in [3.8, 4) is 0 Å². The third-order valence-corrected chi connectivity index (χ3v) is 4.28. The Hall–Kier alpha value is -2.34. The molecule has 1 amide bonds. The second kappa shape index (κ2) is 7.49. The van der Waals surface area contributed by atoms with Gasteiger partial charge < -0.3 is 15.1 Å². The molecule has 0 atom stereocenters. The molecule has 1 N–H and O–H groups in total. The first kappa shape index (κ1) is 16.5. The average Bonchev–Trinajstić information content (AvgIpc) is 3.24. The lowest BCUT2D eigenvalue weighted by atomic mass is 10.2. The molecular formula is C18H25N5O. The molecule has 1 aliphatic heterocycles. The van der Waals surface area contributed by atoms with Crippen molar-refractivity contribution in [1.82, 2.24) is 14.7 Å². The van der Waals surface area contributed by atoms with Crippen molar-refractivity contribution in [2.45, 2.75) is 19.4 Å². The predicted octanol–water partition coefficient (Wildman–Crippen LogP) is 2.30. The van der Waals surface area contributed by atoms with E-state index in [9.17, 15) is 4.79 Å². The van der Waals surface area contributed by atoms with Gasteiger partial charge in [-0.05, 0) is 51.2 Å². The fraction of sp³-hybridized carbons (Fsp3) is 0.444. The van der Waals surface area contributed by atoms with E-state index in [1.54, 1.807) is 16.9 Å². The zero-order valence-electron chi connectivity index (χ0n) is 14.4. The minimum Gasteiger partial charge on any atom is -0.371 e. The first-order valence-corrected chi connectivity index (χ1v) is 8.46. The van der Waals surface area contributed by atoms with Gasteiger partial charge in [0.15, 0.2) is 0 Å². The van der Waals surface area contributed by atoms with E-state index in [2.05, 4.69) is 26.3 Å². The maximum absolute atomic E-state index is 12.6. The first-order chi connectivity index (χ1) is 11.6. The molecule has 0 radical (unpaired) electrons. The average molecular weight is 327 g/mol. The Labute approximate surface area is 143 Å². The summed E-state index contributed by atoms with van der Waals surface area (Å²) in [5.41, 5.74) is 2.58. The molecule has 128 valence electrons. The van der Waals surface area contributed by atoms with Gasteiger partial charge in [0, 0.05) is 37.2 Å². The topological polar surface area (TPSA) is 53.4 Å². The third kappa shape index (κ3) is 3.94. The van der Waals surface area contributed by atoms with Gasteiger partial charge in [0.05, 0.1) is 6.54 Å². The number of amides is 1. The van der Waals surface area contributed by atoms with E-state index in [0.717, 1.165) is 25.3 Å². The summed E-state index contributed by atoms with van der Waals surface area (Å²) in [6.45, 7) is 3.71. The maximum atomic E-state index is 12.6. The Bertz CT molecular complexity index is 688. The second-order valence-electron chi connectivity index (χ2n) is 6.44. The highest BCUT2D eigenvalue weighted by Crippen LogP contribution is 2.23. The van der Waals surface area contributed by atoms with Crippen LogP contribution in [0.1, 0.15) is 23.3 Å². The van der Waals surface area contributed by atoms with E-state index in [1.807, 2.05) is 32.3 Å². The van der Waals surface area contributed by atoms with Crippen LogP contribution in [0.15, 0.2) is 36.5 Å². The molecule has 0 unspecified atom stereocenters. The number of nitrogens with zero attached hydrogens (tertiary/aromatic N) is 4. The van der Waals surface area contributed by atoms with Gasteiger partial charge in [-0.25, -0.2) is 0 Å². The monoisotopic (exact) mass is 327 g/mol. The maximum Gasteiger partial charge on any atom is 0.273 e. The SMILES string of the molecule is CN(C)CCn1nccc1C(=O)Nc1cccc(N2CCCC2)c1. The number of nitrogens with one attached hydrogen (secondary N) is 1. The van der Waals surface area contributed by atoms with Crippen LogP contribution in [0.25, 0.3) is 0 Å². The van der Waals surface area contributed by atoms with E-state index < -0.39 is 0 Å². The van der Waals surface area contributed by atoms with Crippen LogP contribution in [0.2, 0.25) is 0 Å². The van der Waals surface area contributed by atoms with Gasteiger partial charge in [-0.1, -0.05) is 6.07 Å². The van der Waals surface area contributed by atoms with Gasteiger partial charge in [0.2, 0.25) is 0 Å². The fourth-order valence-electron chi connectivity index (χ4n) is 2.95. The highest BCUT2D eigenvalue weighted by atomic mass is 16.2. The molecule has 3 rings (SSSR count). The first-order valence-electron chi connectivity index (χ1n) is 8.46. The lowest BCUT2D eigenvalue weighted by Gasteiger charge is -2.18. The molecule has 6 heteroatoms. The highest BCUT2D eigenvalue weighted by Gasteiger charge is 2.15. The highest BCUT2D eigenvalue weighted by molar-refractivity contribution is 6.03. The normalized spacial score (nSPS) is 14.4. The minimum absolute atomic E-state index is 0.121. The molecule has 2 aromatic rings. The van der Waals surface area contributed by atoms with Crippen LogP contribution in [-0.2, 0) is 6.54 Å². The Kier molecular flexibility index (Phi) is 5.15. The Morgan fingerprint density at radius 3 is 2.79 bits per heavy atom. The van der Waals surface area contributed by atoms with E-state index in [-0.39, 0.29) is 5.91 Å². The number of benzene rings is 1. The van der Waals surface area contributed by atoms with E-state index in [0.29, 0.717) is 12.2 Å². The van der Waals surface area contributed by atoms with Crippen molar-refractivity contribution in [3.05, 3.63) is 42.2 Å². The fourth-order valence-corrected chi connectivity index (χ4v) is 2.95. The number of anilines is 2. The number of carbonyl (C=O) groups is 1. The number of carbonyl (C=O) groups excluding carboxylic acids is 1. The van der Waals surface area contributed by atoms with Gasteiger partial charge in [-0.2, -0.15) is 5.10 Å². The summed E-state index contributed by atoms with van der Waals surface area (Å²) in [6, 6.07) is 9.83. The van der Waals surface area contributed by atoms with E-state index in [1.165, 1.54) is 18.5 Å². The van der Waals surface area contributed by atoms with Crippen LogP contribution in [-0.4, -0.2) is 54.3 Å². The van der Waals surface area contributed by atoms with Gasteiger partial charge >= 0.3 is 0 Å². The zero-order valence-corrected chi connectivity index (χ0v) is 14.4. The molecule has 6 nitrogen and oxygen atoms in total. The predicted molar refractivity (Wildman–Crippen MR) is 96.6 cm³/mol. The molecule has 1 saturated heterocycles. The Morgan fingerprint density at radius 2 is 2.04 bits per heavy atom. The molecule has 1 aromatic heterocycles. The van der Waals surface area contributed by atoms with E-state index >= 15 is 0 Å². The molecule has 1 aliphatic rings. The van der Waals surface area contributed by atoms with Crippen LogP contribution in [0.5, 0.6) is 0 Å². The Balaban J connectivity index is 1.69. The standard InChI is InChI=1S/C18H25N5O/c1-21(2)12-13-23-17(8-9-19-23)18(24)20-15-6-5-7-16(14-15)22-10-3-4-11-22/h5-9,14H,3-4,10-13H2,1-2H3,(H,20,24). The number of rotatable bonds is 6. The quantitative estimate of drug-likeness (QED) is 0.884. The van der Waals surface area contributed by atoms with Crippen molar-refractivity contribution in [3.63, 3.8) is 0 Å². The van der Waals surface area contributed by atoms with Crippen molar-refractivity contribution >= 4 is 17.3 Å². The van der Waals surface area contributed by atoms with Crippen LogP contribution in [0, 0.1) is 0 Å². The molecule has 0 aliphatic carbocycles. The second-order valence-corrected chi connectivity index (χ2v) is 6.44. The number of aromatic nitrogens is 2. The molecular weight excluding hydrogens is 302 g/mol. The lowest BCUT2D eigenvalue weighted by Crippen LogP contribution is -2.23. The summed E-state index contributed by atoms with van der Waals surface area (Å²) in [6.07, 6.45) is 4.15. The zero-order chi connectivity index (χ0) is 16.9. The van der Waals surface area contributed by atoms with Crippen molar-refractivity contribution in [1.29, 1.82) is 0 Å². The van der Waals surface area contributed by atoms with Crippen LogP contribution in [0.4, 0.5) is 11.4 Å². The number of hydrogen-bond donors (Lipinski definition) is 1. The lowest BCUT2D eigenvalue weighted by molar-refractivity contribution is 0.101. The minimum atomic E-state index is -0.121.